The summed E-state index contributed by atoms with van der Waals surface area (Å²) in [4.78, 5) is 13.7. The molecule has 6 heteroatoms. The Balaban J connectivity index is 2.19. The average Bonchev–Trinajstić information content (AvgIpc) is 2.81. The Labute approximate surface area is 119 Å². The summed E-state index contributed by atoms with van der Waals surface area (Å²) in [5.41, 5.74) is 8.38. The van der Waals surface area contributed by atoms with Crippen LogP contribution in [0.15, 0.2) is 51.9 Å². The van der Waals surface area contributed by atoms with E-state index < -0.39 is 0 Å². The Morgan fingerprint density at radius 1 is 1.20 bits per heavy atom. The average molecular weight is 288 g/mol. The molecule has 2 aromatic heterocycles. The molecule has 0 unspecified atom stereocenters. The Bertz CT molecular complexity index is 803. The van der Waals surface area contributed by atoms with E-state index in [1.54, 1.807) is 24.4 Å². The van der Waals surface area contributed by atoms with Gasteiger partial charge in [-0.1, -0.05) is 28.9 Å². The number of H-pyrrole nitrogens is 1. The van der Waals surface area contributed by atoms with Crippen LogP contribution in [0, 0.1) is 0 Å². The maximum atomic E-state index is 11.1. The molecule has 0 atom stereocenters. The molecule has 3 N–H and O–H groups in total. The van der Waals surface area contributed by atoms with E-state index in [1.165, 1.54) is 6.07 Å². The molecule has 1 aromatic carbocycles. The van der Waals surface area contributed by atoms with Gasteiger partial charge < -0.3 is 15.2 Å². The highest BCUT2D eigenvalue weighted by Gasteiger charge is 2.17. The van der Waals surface area contributed by atoms with Crippen LogP contribution in [-0.2, 0) is 0 Å². The number of pyridine rings is 1. The molecule has 3 rings (SSSR count). The van der Waals surface area contributed by atoms with Crippen molar-refractivity contribution in [3.63, 3.8) is 0 Å². The summed E-state index contributed by atoms with van der Waals surface area (Å²) in [6.45, 7) is 0. The number of hydrogen-bond donors (Lipinski definition) is 2. The topological polar surface area (TPSA) is 84.9 Å². The Kier molecular flexibility index (Phi) is 3.04. The lowest BCUT2D eigenvalue weighted by molar-refractivity contribution is 0.439. The van der Waals surface area contributed by atoms with Gasteiger partial charge in [-0.15, -0.1) is 0 Å². The molecule has 0 aliphatic heterocycles. The number of anilines is 1. The monoisotopic (exact) mass is 287 g/mol. The maximum Gasteiger partial charge on any atom is 0.247 e. The van der Waals surface area contributed by atoms with Gasteiger partial charge in [-0.3, -0.25) is 4.79 Å². The van der Waals surface area contributed by atoms with Crippen LogP contribution < -0.4 is 11.3 Å². The molecule has 100 valence electrons. The number of hydrogen-bond acceptors (Lipinski definition) is 4. The van der Waals surface area contributed by atoms with Crippen LogP contribution in [-0.4, -0.2) is 10.1 Å². The molecule has 0 fully saturated rings. The summed E-state index contributed by atoms with van der Waals surface area (Å²) < 4.78 is 5.07. The van der Waals surface area contributed by atoms with E-state index in [-0.39, 0.29) is 11.4 Å². The minimum Gasteiger partial charge on any atom is -0.367 e. The van der Waals surface area contributed by atoms with Crippen molar-refractivity contribution in [3.05, 3.63) is 58.0 Å². The number of halogens is 1. The van der Waals surface area contributed by atoms with E-state index in [4.69, 9.17) is 21.9 Å². The number of benzene rings is 1. The quantitative estimate of drug-likeness (QED) is 0.759. The van der Waals surface area contributed by atoms with Crippen LogP contribution in [0.3, 0.4) is 0 Å². The number of nitrogens with two attached hydrogens (primary N) is 1. The largest absolute Gasteiger partial charge is 0.367 e. The van der Waals surface area contributed by atoms with Gasteiger partial charge in [-0.2, -0.15) is 0 Å². The first kappa shape index (κ1) is 12.5. The van der Waals surface area contributed by atoms with Crippen LogP contribution >= 0.6 is 11.6 Å². The van der Waals surface area contributed by atoms with Gasteiger partial charge in [-0.25, -0.2) is 0 Å². The Morgan fingerprint density at radius 3 is 2.75 bits per heavy atom. The number of nitrogens with one attached hydrogen (secondary N) is 1. The van der Waals surface area contributed by atoms with Gasteiger partial charge in [0.25, 0.3) is 0 Å². The fraction of sp³-hybridized carbons (Fsp3) is 0. The van der Waals surface area contributed by atoms with Crippen LogP contribution in [0.25, 0.3) is 22.4 Å². The first-order valence-corrected chi connectivity index (χ1v) is 6.23. The van der Waals surface area contributed by atoms with Crippen molar-refractivity contribution in [1.82, 2.24) is 10.1 Å². The lowest BCUT2D eigenvalue weighted by Crippen LogP contribution is -2.01. The second-order valence-electron chi connectivity index (χ2n) is 4.22. The number of nitrogen functional groups attached to an aromatic ring is 1. The molecule has 0 amide bonds. The predicted molar refractivity (Wildman–Crippen MR) is 77.4 cm³/mol. The highest BCUT2D eigenvalue weighted by atomic mass is 35.5. The van der Waals surface area contributed by atoms with Crippen molar-refractivity contribution in [2.24, 2.45) is 0 Å². The molecule has 0 saturated heterocycles. The minimum atomic E-state index is -0.186. The van der Waals surface area contributed by atoms with Crippen LogP contribution in [0.1, 0.15) is 0 Å². The van der Waals surface area contributed by atoms with Crippen molar-refractivity contribution in [1.29, 1.82) is 0 Å². The smallest absolute Gasteiger partial charge is 0.247 e. The first-order chi connectivity index (χ1) is 9.65. The van der Waals surface area contributed by atoms with Gasteiger partial charge in [0, 0.05) is 22.8 Å². The predicted octanol–water partition coefficient (Wildman–Crippen LogP) is 2.93. The third-order valence-electron chi connectivity index (χ3n) is 2.89. The van der Waals surface area contributed by atoms with Crippen molar-refractivity contribution in [2.45, 2.75) is 0 Å². The fourth-order valence-electron chi connectivity index (χ4n) is 1.98. The van der Waals surface area contributed by atoms with Crippen molar-refractivity contribution >= 4 is 17.5 Å². The molecule has 0 aliphatic rings. The van der Waals surface area contributed by atoms with E-state index in [1.807, 2.05) is 12.1 Å². The molecule has 0 saturated carbocycles. The summed E-state index contributed by atoms with van der Waals surface area (Å²) in [6, 6.07) is 10.3. The zero-order chi connectivity index (χ0) is 14.1. The van der Waals surface area contributed by atoms with Gasteiger partial charge in [0.2, 0.25) is 11.4 Å². The summed E-state index contributed by atoms with van der Waals surface area (Å²) in [5, 5.41) is 4.55. The number of rotatable bonds is 2. The molecule has 0 spiro atoms. The molecule has 20 heavy (non-hydrogen) atoms. The van der Waals surface area contributed by atoms with E-state index in [9.17, 15) is 4.79 Å². The van der Waals surface area contributed by atoms with Crippen LogP contribution in [0.5, 0.6) is 0 Å². The highest BCUT2D eigenvalue weighted by molar-refractivity contribution is 6.30. The van der Waals surface area contributed by atoms with Crippen molar-refractivity contribution in [3.8, 4) is 22.4 Å². The molecular weight excluding hydrogens is 278 g/mol. The fourth-order valence-corrected chi connectivity index (χ4v) is 2.17. The first-order valence-electron chi connectivity index (χ1n) is 5.85. The van der Waals surface area contributed by atoms with E-state index in [2.05, 4.69) is 10.1 Å². The lowest BCUT2D eigenvalue weighted by atomic mass is 10.0. The van der Waals surface area contributed by atoms with E-state index in [0.29, 0.717) is 21.8 Å². The summed E-state index contributed by atoms with van der Waals surface area (Å²) >= 11 is 5.99. The van der Waals surface area contributed by atoms with E-state index >= 15 is 0 Å². The van der Waals surface area contributed by atoms with Gasteiger partial charge in [0.15, 0.2) is 0 Å². The second kappa shape index (κ2) is 4.86. The summed E-state index contributed by atoms with van der Waals surface area (Å²) in [6.07, 6.45) is 1.56. The third kappa shape index (κ3) is 2.19. The van der Waals surface area contributed by atoms with E-state index in [0.717, 1.165) is 5.56 Å². The number of nitrogens with zero attached hydrogens (tertiary/aromatic N) is 1. The Hall–Kier alpha value is -2.53. The summed E-state index contributed by atoms with van der Waals surface area (Å²) in [5.74, 6) is 0.202. The zero-order valence-corrected chi connectivity index (χ0v) is 11.0. The van der Waals surface area contributed by atoms with Gasteiger partial charge in [0.1, 0.15) is 5.69 Å². The van der Waals surface area contributed by atoms with Gasteiger partial charge in [0.05, 0.1) is 5.56 Å². The normalized spacial score (nSPS) is 10.7. The third-order valence-corrected chi connectivity index (χ3v) is 3.12. The summed E-state index contributed by atoms with van der Waals surface area (Å²) in [7, 11) is 0. The number of aromatic amines is 1. The number of aromatic nitrogens is 2. The second-order valence-corrected chi connectivity index (χ2v) is 4.66. The molecule has 0 aliphatic carbocycles. The minimum absolute atomic E-state index is 0.186. The van der Waals surface area contributed by atoms with Gasteiger partial charge >= 0.3 is 0 Å². The molecule has 0 bridgehead atoms. The van der Waals surface area contributed by atoms with Crippen molar-refractivity contribution in [2.75, 3.05) is 5.73 Å². The van der Waals surface area contributed by atoms with Crippen LogP contribution in [0.4, 0.5) is 5.88 Å². The Morgan fingerprint density at radius 2 is 2.05 bits per heavy atom. The molecule has 5 nitrogen and oxygen atoms in total. The SMILES string of the molecule is Nc1onc(-c2ccc(=O)[nH]c2)c1-c1cccc(Cl)c1. The van der Waals surface area contributed by atoms with Crippen LogP contribution in [0.2, 0.25) is 5.02 Å². The lowest BCUT2D eigenvalue weighted by Gasteiger charge is -2.03. The van der Waals surface area contributed by atoms with Gasteiger partial charge in [-0.05, 0) is 23.8 Å². The standard InChI is InChI=1S/C14H10ClN3O2/c15-10-3-1-2-8(6-10)12-13(18-20-14(12)16)9-4-5-11(19)17-7-9/h1-7H,16H2,(H,17,19). The maximum absolute atomic E-state index is 11.1. The molecule has 3 aromatic rings. The zero-order valence-electron chi connectivity index (χ0n) is 10.3. The van der Waals surface area contributed by atoms with Crippen molar-refractivity contribution < 1.29 is 4.52 Å². The molecular formula is C14H10ClN3O2. The molecule has 2 heterocycles. The highest BCUT2D eigenvalue weighted by Crippen LogP contribution is 2.36. The molecule has 0 radical (unpaired) electrons.